The van der Waals surface area contributed by atoms with E-state index >= 15 is 0 Å². The lowest BCUT2D eigenvalue weighted by Crippen LogP contribution is -2.10. The first-order valence-corrected chi connectivity index (χ1v) is 53.0. The Hall–Kier alpha value is -18.1. The third-order valence-corrected chi connectivity index (χ3v) is 33.7. The monoisotopic (exact) mass is 1950 g/mol. The second-order valence-corrected chi connectivity index (χ2v) is 41.9. The summed E-state index contributed by atoms with van der Waals surface area (Å²) in [7, 11) is 0. The van der Waals surface area contributed by atoms with Crippen molar-refractivity contribution in [1.29, 1.82) is 0 Å². The standard InChI is InChI=1S/C46H29NO2.2C46H29NS2/c1-2-9-31(10-3-1)37-14-8-11-32-17-18-33(27-42(32)37)30-19-21-34(22-20-30)47(35-23-25-40-38-12-4-6-15-43(38)48-45(40)28-35)36-24-26-41-39-13-5-7-16-44(39)49-46(41)29-36;1-2-11-31(12-3-1)35-16-8-13-32-23-24-33(29-40(32)35)30-25-27-34(28-26-30)47(41-19-9-17-38-36-14-4-6-21-43(36)48-45(38)41)42-20-10-18-39-37-15-5-7-22-44(37)49-46(39)42;1-2-9-31(10-3-1)37-14-8-11-32-17-18-33(27-42(32)37)30-19-21-34(22-20-30)47(35-23-25-40-38-12-4-6-15-43(38)48-45(40)28-35)36-24-26-41-39-13-5-7-16-44(39)49-46(41)29-36/h3*1-29H. The minimum Gasteiger partial charge on any atom is -0.456 e. The number of thiophene rings is 4. The van der Waals surface area contributed by atoms with E-state index < -0.39 is 0 Å². The van der Waals surface area contributed by atoms with Crippen LogP contribution in [0.2, 0.25) is 0 Å². The van der Waals surface area contributed by atoms with E-state index in [2.05, 4.69) is 518 Å². The van der Waals surface area contributed by atoms with E-state index in [0.29, 0.717) is 0 Å². The largest absolute Gasteiger partial charge is 0.456 e. The highest BCUT2D eigenvalue weighted by atomic mass is 32.1. The average molecular weight is 1950 g/mol. The zero-order valence-corrected chi connectivity index (χ0v) is 82.8. The fourth-order valence-electron chi connectivity index (χ4n) is 21.9. The maximum atomic E-state index is 6.33. The van der Waals surface area contributed by atoms with Gasteiger partial charge in [0.25, 0.3) is 0 Å². The van der Waals surface area contributed by atoms with Crippen LogP contribution in [-0.4, -0.2) is 0 Å². The number of rotatable bonds is 15. The van der Waals surface area contributed by atoms with Gasteiger partial charge in [-0.2, -0.15) is 0 Å². The molecule has 0 amide bonds. The average Bonchev–Trinajstić information content (AvgIpc) is 1.59. The van der Waals surface area contributed by atoms with E-state index in [1.807, 2.05) is 69.6 Å². The number of nitrogens with zero attached hydrogens (tertiary/aromatic N) is 3. The molecule has 0 aliphatic carbocycles. The van der Waals surface area contributed by atoms with Crippen LogP contribution >= 0.6 is 45.3 Å². The van der Waals surface area contributed by atoms with Gasteiger partial charge in [-0.15, -0.1) is 45.3 Å². The van der Waals surface area contributed by atoms with E-state index in [1.54, 1.807) is 0 Å². The van der Waals surface area contributed by atoms with Gasteiger partial charge < -0.3 is 23.5 Å². The Morgan fingerprint density at radius 1 is 0.136 bits per heavy atom. The number of furan rings is 2. The van der Waals surface area contributed by atoms with Crippen molar-refractivity contribution < 1.29 is 8.83 Å². The lowest BCUT2D eigenvalue weighted by atomic mass is 9.95. The zero-order valence-electron chi connectivity index (χ0n) is 79.5. The summed E-state index contributed by atoms with van der Waals surface area (Å²) >= 11 is 7.49. The molecule has 6 aromatic heterocycles. The number of fused-ring (bicyclic) bond motifs is 21. The highest BCUT2D eigenvalue weighted by Crippen LogP contribution is 2.53. The molecule has 0 aliphatic heterocycles. The van der Waals surface area contributed by atoms with Crippen LogP contribution in [0.5, 0.6) is 0 Å². The first-order chi connectivity index (χ1) is 72.8. The third kappa shape index (κ3) is 15.8. The smallest absolute Gasteiger partial charge is 0.137 e. The fourth-order valence-corrected chi connectivity index (χ4v) is 26.6. The molecule has 30 aromatic rings. The van der Waals surface area contributed by atoms with Crippen LogP contribution in [0.3, 0.4) is 0 Å². The number of benzene rings is 24. The first-order valence-electron chi connectivity index (χ1n) is 49.8. The summed E-state index contributed by atoms with van der Waals surface area (Å²) in [5.41, 5.74) is 28.2. The third-order valence-electron chi connectivity index (χ3n) is 29.0. The summed E-state index contributed by atoms with van der Waals surface area (Å²) in [6.07, 6.45) is 0. The molecule has 0 radical (unpaired) electrons. The van der Waals surface area contributed by atoms with Gasteiger partial charge in [-0.3, -0.25) is 0 Å². The van der Waals surface area contributed by atoms with Crippen LogP contribution in [0, 0.1) is 0 Å². The first kappa shape index (κ1) is 86.8. The van der Waals surface area contributed by atoms with Crippen molar-refractivity contribution in [3.8, 4) is 66.8 Å². The van der Waals surface area contributed by atoms with Crippen LogP contribution in [0.4, 0.5) is 51.2 Å². The Morgan fingerprint density at radius 3 is 0.769 bits per heavy atom. The molecule has 0 saturated carbocycles. The number of hydrogen-bond donors (Lipinski definition) is 0. The fraction of sp³-hybridized carbons (Fsp3) is 0. The molecule has 0 spiro atoms. The molecule has 690 valence electrons. The summed E-state index contributed by atoms with van der Waals surface area (Å²) in [6.45, 7) is 0. The highest BCUT2D eigenvalue weighted by molar-refractivity contribution is 7.27. The van der Waals surface area contributed by atoms with Crippen LogP contribution in [0.1, 0.15) is 0 Å². The Bertz CT molecular complexity index is 9620. The molecule has 0 atom stereocenters. The van der Waals surface area contributed by atoms with E-state index in [9.17, 15) is 0 Å². The van der Waals surface area contributed by atoms with Crippen molar-refractivity contribution in [2.24, 2.45) is 0 Å². The summed E-state index contributed by atoms with van der Waals surface area (Å²) in [5, 5.41) is 22.5. The zero-order chi connectivity index (χ0) is 96.9. The Balaban J connectivity index is 0.000000107. The van der Waals surface area contributed by atoms with Crippen LogP contribution < -0.4 is 14.7 Å². The Kier molecular flexibility index (Phi) is 21.7. The molecule has 0 fully saturated rings. The molecular formula is C138H87N3O2S4. The molecule has 0 unspecified atom stereocenters. The molecule has 0 aliphatic rings. The molecule has 0 saturated heterocycles. The minimum absolute atomic E-state index is 0.857. The molecule has 0 N–H and O–H groups in total. The summed E-state index contributed by atoms with van der Waals surface area (Å²) in [5.74, 6) is 0. The molecular weight excluding hydrogens is 1860 g/mol. The highest BCUT2D eigenvalue weighted by Gasteiger charge is 2.26. The van der Waals surface area contributed by atoms with E-state index in [-0.39, 0.29) is 0 Å². The van der Waals surface area contributed by atoms with Crippen molar-refractivity contribution >= 4 is 253 Å². The van der Waals surface area contributed by atoms with Crippen LogP contribution in [-0.2, 0) is 0 Å². The van der Waals surface area contributed by atoms with Gasteiger partial charge in [0, 0.05) is 145 Å². The van der Waals surface area contributed by atoms with Gasteiger partial charge in [0.05, 0.1) is 20.8 Å². The quantitative estimate of drug-likeness (QED) is 0.102. The molecule has 30 rings (SSSR count). The van der Waals surface area contributed by atoms with Crippen molar-refractivity contribution in [2.75, 3.05) is 14.7 Å². The molecule has 0 bridgehead atoms. The lowest BCUT2D eigenvalue weighted by Gasteiger charge is -2.27. The number of anilines is 9. The van der Waals surface area contributed by atoms with E-state index in [1.165, 1.54) is 186 Å². The van der Waals surface area contributed by atoms with Crippen molar-refractivity contribution in [1.82, 2.24) is 0 Å². The molecule has 5 nitrogen and oxygen atoms in total. The SMILES string of the molecule is c1ccc(-c2cccc3ccc(-c4ccc(N(c5ccc6c(c5)oc5ccccc56)c5ccc6c(c5)oc5ccccc56)cc4)cc23)cc1.c1ccc(-c2cccc3ccc(-c4ccc(N(c5ccc6c(c5)sc5ccccc56)c5ccc6c(c5)sc5ccccc56)cc4)cc23)cc1.c1ccc(-c2cccc3ccc(-c4ccc(N(c5cccc6c5sc5ccccc56)c5cccc6c5sc5ccccc56)cc4)cc23)cc1. The van der Waals surface area contributed by atoms with Crippen LogP contribution in [0.25, 0.3) is 224 Å². The molecule has 6 heterocycles. The van der Waals surface area contributed by atoms with Gasteiger partial charge in [0.1, 0.15) is 22.3 Å². The lowest BCUT2D eigenvalue weighted by molar-refractivity contribution is 0.669. The molecule has 147 heavy (non-hydrogen) atoms. The summed E-state index contributed by atoms with van der Waals surface area (Å²) in [4.78, 5) is 7.16. The van der Waals surface area contributed by atoms with Gasteiger partial charge in [0.15, 0.2) is 0 Å². The molecule has 9 heteroatoms. The summed E-state index contributed by atoms with van der Waals surface area (Å²) in [6, 6.07) is 191. The van der Waals surface area contributed by atoms with Crippen LogP contribution in [0.15, 0.2) is 537 Å². The Morgan fingerprint density at radius 2 is 0.401 bits per heavy atom. The van der Waals surface area contributed by atoms with Crippen molar-refractivity contribution in [3.63, 3.8) is 0 Å². The number of hydrogen-bond acceptors (Lipinski definition) is 9. The number of para-hydroxylation sites is 2. The van der Waals surface area contributed by atoms with Gasteiger partial charge in [-0.05, 0) is 251 Å². The predicted molar refractivity (Wildman–Crippen MR) is 635 cm³/mol. The van der Waals surface area contributed by atoms with Gasteiger partial charge in [0.2, 0.25) is 0 Å². The maximum absolute atomic E-state index is 6.33. The van der Waals surface area contributed by atoms with E-state index in [4.69, 9.17) is 8.83 Å². The maximum Gasteiger partial charge on any atom is 0.137 e. The second kappa shape index (κ2) is 36.7. The Labute approximate surface area is 864 Å². The van der Waals surface area contributed by atoms with Gasteiger partial charge >= 0.3 is 0 Å². The normalized spacial score (nSPS) is 11.7. The predicted octanol–water partition coefficient (Wildman–Crippen LogP) is 42.2. The van der Waals surface area contributed by atoms with Gasteiger partial charge in [-0.25, -0.2) is 0 Å². The van der Waals surface area contributed by atoms with Crippen molar-refractivity contribution in [2.45, 2.75) is 0 Å². The second-order valence-electron chi connectivity index (χ2n) is 37.6. The van der Waals surface area contributed by atoms with Crippen molar-refractivity contribution in [3.05, 3.63) is 528 Å². The minimum atomic E-state index is 0.857. The van der Waals surface area contributed by atoms with E-state index in [0.717, 1.165) is 89.3 Å². The topological polar surface area (TPSA) is 36.0 Å². The summed E-state index contributed by atoms with van der Waals surface area (Å²) < 4.78 is 23.1. The van der Waals surface area contributed by atoms with Gasteiger partial charge in [-0.1, -0.05) is 364 Å². The molecule has 24 aromatic carbocycles.